The Kier molecular flexibility index (Phi) is 3.46. The fraction of sp³-hybridized carbons (Fsp3) is 0.200. The summed E-state index contributed by atoms with van der Waals surface area (Å²) in [5.74, 6) is 0.0149. The van der Waals surface area contributed by atoms with Gasteiger partial charge in [0.2, 0.25) is 5.95 Å². The average molecular weight is 297 g/mol. The van der Waals surface area contributed by atoms with Crippen molar-refractivity contribution in [3.63, 3.8) is 0 Å². The van der Waals surface area contributed by atoms with Gasteiger partial charge in [-0.25, -0.2) is 19.7 Å². The van der Waals surface area contributed by atoms with Crippen molar-refractivity contribution in [3.05, 3.63) is 47.5 Å². The normalized spacial score (nSPS) is 10.8. The summed E-state index contributed by atoms with van der Waals surface area (Å²) in [6, 6.07) is 7.33. The van der Waals surface area contributed by atoms with Crippen molar-refractivity contribution in [2.45, 2.75) is 13.5 Å². The van der Waals surface area contributed by atoms with E-state index < -0.39 is 5.97 Å². The van der Waals surface area contributed by atoms with E-state index in [1.165, 1.54) is 12.3 Å². The molecule has 7 heteroatoms. The van der Waals surface area contributed by atoms with E-state index in [1.54, 1.807) is 0 Å². The topological polar surface area (TPSA) is 92.9 Å². The Labute approximate surface area is 126 Å². The average Bonchev–Trinajstić information content (AvgIpc) is 2.83. The standard InChI is InChI=1S/C15H15N5O2/c1-9-4-3-5-10-13(9)20(2)12(18-10)8-17-15-16-7-6-11(19-15)14(21)22/h3-7H,8H2,1-2H3,(H,21,22)(H,16,17,19). The maximum Gasteiger partial charge on any atom is 0.354 e. The molecule has 112 valence electrons. The van der Waals surface area contributed by atoms with Crippen molar-refractivity contribution in [2.75, 3.05) is 5.32 Å². The number of aryl methyl sites for hydroxylation is 2. The van der Waals surface area contributed by atoms with Crippen LogP contribution in [0.5, 0.6) is 0 Å². The third kappa shape index (κ3) is 2.48. The molecule has 0 unspecified atom stereocenters. The third-order valence-electron chi connectivity index (χ3n) is 3.47. The van der Waals surface area contributed by atoms with E-state index in [2.05, 4.69) is 20.3 Å². The second-order valence-electron chi connectivity index (χ2n) is 4.95. The van der Waals surface area contributed by atoms with Crippen molar-refractivity contribution in [1.82, 2.24) is 19.5 Å². The molecule has 0 aliphatic heterocycles. The molecular formula is C15H15N5O2. The van der Waals surface area contributed by atoms with Gasteiger partial charge >= 0.3 is 5.97 Å². The van der Waals surface area contributed by atoms with Crippen LogP contribution in [0.2, 0.25) is 0 Å². The number of carbonyl (C=O) groups is 1. The Balaban J connectivity index is 1.85. The summed E-state index contributed by atoms with van der Waals surface area (Å²) in [5.41, 5.74) is 3.13. The van der Waals surface area contributed by atoms with Gasteiger partial charge in [-0.15, -0.1) is 0 Å². The molecule has 1 aromatic carbocycles. The zero-order valence-corrected chi connectivity index (χ0v) is 12.2. The number of nitrogens with one attached hydrogen (secondary N) is 1. The number of carboxylic acid groups (broad SMARTS) is 1. The van der Waals surface area contributed by atoms with Gasteiger partial charge in [0.1, 0.15) is 5.82 Å². The first-order chi connectivity index (χ1) is 10.6. The first-order valence-corrected chi connectivity index (χ1v) is 6.77. The monoisotopic (exact) mass is 297 g/mol. The molecule has 0 amide bonds. The first kappa shape index (κ1) is 14.0. The molecule has 0 radical (unpaired) electrons. The van der Waals surface area contributed by atoms with Gasteiger partial charge in [-0.2, -0.15) is 0 Å². The fourth-order valence-electron chi connectivity index (χ4n) is 2.39. The molecule has 0 saturated carbocycles. The Bertz CT molecular complexity index is 856. The zero-order valence-electron chi connectivity index (χ0n) is 12.2. The number of anilines is 1. The van der Waals surface area contributed by atoms with Crippen LogP contribution in [0.25, 0.3) is 11.0 Å². The molecule has 2 N–H and O–H groups in total. The lowest BCUT2D eigenvalue weighted by Gasteiger charge is -2.06. The maximum absolute atomic E-state index is 10.9. The van der Waals surface area contributed by atoms with Crippen LogP contribution in [-0.4, -0.2) is 30.6 Å². The minimum atomic E-state index is -1.08. The van der Waals surface area contributed by atoms with Crippen LogP contribution in [-0.2, 0) is 13.6 Å². The number of imidazole rings is 1. The summed E-state index contributed by atoms with van der Waals surface area (Å²) >= 11 is 0. The van der Waals surface area contributed by atoms with E-state index in [-0.39, 0.29) is 11.6 Å². The summed E-state index contributed by atoms with van der Waals surface area (Å²) in [7, 11) is 1.95. The summed E-state index contributed by atoms with van der Waals surface area (Å²) in [5, 5.41) is 11.9. The molecule has 0 fully saturated rings. The Hall–Kier alpha value is -2.96. The Morgan fingerprint density at radius 2 is 2.14 bits per heavy atom. The molecule has 0 atom stereocenters. The Morgan fingerprint density at radius 3 is 2.86 bits per heavy atom. The SMILES string of the molecule is Cc1cccc2nc(CNc3nccc(C(=O)O)n3)n(C)c12. The lowest BCUT2D eigenvalue weighted by Crippen LogP contribution is -2.10. The maximum atomic E-state index is 10.9. The van der Waals surface area contributed by atoms with Crippen molar-refractivity contribution < 1.29 is 9.90 Å². The number of nitrogens with zero attached hydrogens (tertiary/aromatic N) is 4. The number of benzene rings is 1. The van der Waals surface area contributed by atoms with Crippen molar-refractivity contribution in [3.8, 4) is 0 Å². The van der Waals surface area contributed by atoms with Gasteiger partial charge in [0.15, 0.2) is 5.69 Å². The van der Waals surface area contributed by atoms with E-state index in [0.29, 0.717) is 6.54 Å². The molecular weight excluding hydrogens is 282 g/mol. The molecule has 22 heavy (non-hydrogen) atoms. The molecule has 0 aliphatic carbocycles. The second-order valence-corrected chi connectivity index (χ2v) is 4.95. The number of hydrogen-bond donors (Lipinski definition) is 2. The smallest absolute Gasteiger partial charge is 0.354 e. The van der Waals surface area contributed by atoms with E-state index in [4.69, 9.17) is 5.11 Å². The summed E-state index contributed by atoms with van der Waals surface area (Å²) in [4.78, 5) is 23.4. The van der Waals surface area contributed by atoms with Gasteiger partial charge in [-0.05, 0) is 24.6 Å². The zero-order chi connectivity index (χ0) is 15.7. The summed E-state index contributed by atoms with van der Waals surface area (Å²) in [6.07, 6.45) is 1.41. The van der Waals surface area contributed by atoms with Gasteiger partial charge < -0.3 is 15.0 Å². The number of aromatic nitrogens is 4. The Morgan fingerprint density at radius 1 is 1.32 bits per heavy atom. The predicted octanol–water partition coefficient (Wildman–Crippen LogP) is 1.98. The highest BCUT2D eigenvalue weighted by molar-refractivity contribution is 5.85. The molecule has 0 spiro atoms. The van der Waals surface area contributed by atoms with E-state index in [9.17, 15) is 4.79 Å². The molecule has 3 aromatic rings. The van der Waals surface area contributed by atoms with Crippen LogP contribution in [0, 0.1) is 6.92 Å². The number of hydrogen-bond acceptors (Lipinski definition) is 5. The van der Waals surface area contributed by atoms with Crippen LogP contribution >= 0.6 is 0 Å². The quantitative estimate of drug-likeness (QED) is 0.765. The van der Waals surface area contributed by atoms with Crippen LogP contribution in [0.4, 0.5) is 5.95 Å². The summed E-state index contributed by atoms with van der Waals surface area (Å²) < 4.78 is 2.01. The van der Waals surface area contributed by atoms with Gasteiger partial charge in [-0.1, -0.05) is 12.1 Å². The predicted molar refractivity (Wildman–Crippen MR) is 81.8 cm³/mol. The highest BCUT2D eigenvalue weighted by Gasteiger charge is 2.10. The lowest BCUT2D eigenvalue weighted by atomic mass is 10.2. The molecule has 2 heterocycles. The number of fused-ring (bicyclic) bond motifs is 1. The molecule has 0 aliphatic rings. The molecule has 0 bridgehead atoms. The molecule has 2 aromatic heterocycles. The number of rotatable bonds is 4. The number of aromatic carboxylic acids is 1. The van der Waals surface area contributed by atoms with Gasteiger partial charge in [-0.3, -0.25) is 0 Å². The lowest BCUT2D eigenvalue weighted by molar-refractivity contribution is 0.0690. The molecule has 7 nitrogen and oxygen atoms in total. The number of carboxylic acids is 1. The van der Waals surface area contributed by atoms with Gasteiger partial charge in [0, 0.05) is 13.2 Å². The van der Waals surface area contributed by atoms with Gasteiger partial charge in [0.25, 0.3) is 0 Å². The van der Waals surface area contributed by atoms with Crippen molar-refractivity contribution >= 4 is 23.0 Å². The van der Waals surface area contributed by atoms with E-state index in [0.717, 1.165) is 22.4 Å². The first-order valence-electron chi connectivity index (χ1n) is 6.77. The minimum absolute atomic E-state index is 0.0432. The second kappa shape index (κ2) is 5.44. The number of para-hydroxylation sites is 1. The van der Waals surface area contributed by atoms with E-state index in [1.807, 2.05) is 36.7 Å². The van der Waals surface area contributed by atoms with E-state index >= 15 is 0 Å². The van der Waals surface area contributed by atoms with Gasteiger partial charge in [0.05, 0.1) is 17.6 Å². The fourth-order valence-corrected chi connectivity index (χ4v) is 2.39. The van der Waals surface area contributed by atoms with Crippen LogP contribution in [0.15, 0.2) is 30.5 Å². The molecule has 0 saturated heterocycles. The highest BCUT2D eigenvalue weighted by Crippen LogP contribution is 2.19. The highest BCUT2D eigenvalue weighted by atomic mass is 16.4. The van der Waals surface area contributed by atoms with Crippen LogP contribution < -0.4 is 5.32 Å². The minimum Gasteiger partial charge on any atom is -0.477 e. The van der Waals surface area contributed by atoms with Crippen molar-refractivity contribution in [1.29, 1.82) is 0 Å². The summed E-state index contributed by atoms with van der Waals surface area (Å²) in [6.45, 7) is 2.45. The van der Waals surface area contributed by atoms with Crippen LogP contribution in [0.3, 0.4) is 0 Å². The third-order valence-corrected chi connectivity index (χ3v) is 3.47. The van der Waals surface area contributed by atoms with Crippen molar-refractivity contribution in [2.24, 2.45) is 7.05 Å². The van der Waals surface area contributed by atoms with Crippen LogP contribution in [0.1, 0.15) is 21.9 Å². The molecule has 3 rings (SSSR count). The largest absolute Gasteiger partial charge is 0.477 e.